The fraction of sp³-hybridized carbons (Fsp3) is 0.314. The summed E-state index contributed by atoms with van der Waals surface area (Å²) < 4.78 is 37.0. The molecular weight excluding hydrogens is 679 g/mol. The summed E-state index contributed by atoms with van der Waals surface area (Å²) in [5.74, 6) is -5.33. The number of thioether (sulfide) groups is 1. The van der Waals surface area contributed by atoms with Crippen molar-refractivity contribution in [1.82, 2.24) is 15.6 Å². The third-order valence-electron chi connectivity index (χ3n) is 6.82. The fourth-order valence-electron chi connectivity index (χ4n) is 4.27. The van der Waals surface area contributed by atoms with Gasteiger partial charge in [-0.25, -0.2) is 4.79 Å². The number of nitrogens with zero attached hydrogens (tertiary/aromatic N) is 1. The van der Waals surface area contributed by atoms with Gasteiger partial charge in [0.25, 0.3) is 0 Å². The highest BCUT2D eigenvalue weighted by Crippen LogP contribution is 2.27. The molecular formula is C35H37F3N3O8S-. The number of benzene rings is 2. The molecule has 0 saturated carbocycles. The summed E-state index contributed by atoms with van der Waals surface area (Å²) in [6.45, 7) is 5.53. The molecule has 0 saturated heterocycles. The van der Waals surface area contributed by atoms with Gasteiger partial charge >= 0.3 is 12.1 Å². The number of methoxy groups -OCH3 is 1. The summed E-state index contributed by atoms with van der Waals surface area (Å²) in [6, 6.07) is 18.0. The number of hydrogen-bond donors (Lipinski definition) is 3. The Kier molecular flexibility index (Phi) is 16.2. The van der Waals surface area contributed by atoms with Crippen molar-refractivity contribution in [1.29, 1.82) is 0 Å². The first-order valence-corrected chi connectivity index (χ1v) is 16.3. The number of carbonyl (C=O) groups excluding carboxylic acids is 4. The number of aromatic nitrogens is 1. The van der Waals surface area contributed by atoms with Gasteiger partial charge in [0.15, 0.2) is 5.78 Å². The number of rotatable bonds is 15. The Balaban J connectivity index is 0.00000112. The Morgan fingerprint density at radius 1 is 1.02 bits per heavy atom. The maximum Gasteiger partial charge on any atom is 0.430 e. The van der Waals surface area contributed by atoms with Gasteiger partial charge in [0.2, 0.25) is 11.8 Å². The lowest BCUT2D eigenvalue weighted by Crippen LogP contribution is -2.50. The SMILES string of the molecule is CCc1ccc(-c2ccc(OC)c(CC(=O)NC(C(=O)N/C(=C/C(=O)O)C(=O)CSCc3ccccc3)C(C)C)c2)cn1.O=C([O-])C(F)(F)F. The quantitative estimate of drug-likeness (QED) is 0.196. The van der Waals surface area contributed by atoms with Gasteiger partial charge in [0.05, 0.1) is 31.1 Å². The van der Waals surface area contributed by atoms with Crippen LogP contribution in [0.5, 0.6) is 5.75 Å². The van der Waals surface area contributed by atoms with Gasteiger partial charge in [-0.2, -0.15) is 13.2 Å². The third kappa shape index (κ3) is 13.7. The predicted molar refractivity (Wildman–Crippen MR) is 179 cm³/mol. The molecule has 2 aromatic carbocycles. The molecule has 15 heteroatoms. The van der Waals surface area contributed by atoms with Crippen LogP contribution in [-0.4, -0.2) is 64.7 Å². The first kappa shape index (κ1) is 41.0. The van der Waals surface area contributed by atoms with Gasteiger partial charge in [-0.1, -0.05) is 63.2 Å². The van der Waals surface area contributed by atoms with Crippen LogP contribution in [0.25, 0.3) is 11.1 Å². The fourth-order valence-corrected chi connectivity index (χ4v) is 5.14. The number of carboxylic acid groups (broad SMARTS) is 2. The minimum atomic E-state index is -5.19. The molecule has 3 N–H and O–H groups in total. The number of carboxylic acids is 2. The number of hydrogen-bond acceptors (Lipinski definition) is 9. The van der Waals surface area contributed by atoms with E-state index in [0.717, 1.165) is 28.8 Å². The summed E-state index contributed by atoms with van der Waals surface area (Å²) >= 11 is 1.31. The number of aryl methyl sites for hydroxylation is 1. The van der Waals surface area contributed by atoms with Crippen molar-refractivity contribution in [2.45, 2.75) is 51.6 Å². The average Bonchev–Trinajstić information content (AvgIpc) is 3.06. The Labute approximate surface area is 291 Å². The molecule has 268 valence electrons. The number of nitrogens with one attached hydrogen (secondary N) is 2. The van der Waals surface area contributed by atoms with Crippen LogP contribution in [0, 0.1) is 5.92 Å². The molecule has 0 fully saturated rings. The Morgan fingerprint density at radius 3 is 2.18 bits per heavy atom. The lowest BCUT2D eigenvalue weighted by molar-refractivity contribution is -0.344. The lowest BCUT2D eigenvalue weighted by Gasteiger charge is -2.22. The van der Waals surface area contributed by atoms with Crippen LogP contribution in [0.4, 0.5) is 13.2 Å². The van der Waals surface area contributed by atoms with Crippen LogP contribution in [-0.2, 0) is 42.6 Å². The molecule has 3 rings (SSSR count). The van der Waals surface area contributed by atoms with Gasteiger partial charge in [0.1, 0.15) is 17.8 Å². The highest BCUT2D eigenvalue weighted by molar-refractivity contribution is 7.99. The van der Waals surface area contributed by atoms with Crippen molar-refractivity contribution in [2.24, 2.45) is 5.92 Å². The number of amides is 2. The van der Waals surface area contributed by atoms with E-state index in [4.69, 9.17) is 14.6 Å². The van der Waals surface area contributed by atoms with E-state index < -0.39 is 41.8 Å². The molecule has 0 aliphatic carbocycles. The molecule has 1 atom stereocenters. The molecule has 1 unspecified atom stereocenters. The van der Waals surface area contributed by atoms with Crippen molar-refractivity contribution in [2.75, 3.05) is 12.9 Å². The van der Waals surface area contributed by atoms with E-state index in [2.05, 4.69) is 15.6 Å². The highest BCUT2D eigenvalue weighted by atomic mass is 32.2. The zero-order chi connectivity index (χ0) is 37.4. The molecule has 0 aliphatic rings. The molecule has 3 aromatic rings. The monoisotopic (exact) mass is 716 g/mol. The zero-order valence-electron chi connectivity index (χ0n) is 27.7. The Bertz CT molecular complexity index is 1660. The summed E-state index contributed by atoms with van der Waals surface area (Å²) in [5, 5.41) is 23.3. The number of Topliss-reactive ketones (excluding diaryl/α,β-unsaturated/α-hetero) is 1. The summed E-state index contributed by atoms with van der Waals surface area (Å²) in [4.78, 5) is 63.9. The number of ether oxygens (including phenoxy) is 1. The van der Waals surface area contributed by atoms with Crippen LogP contribution >= 0.6 is 11.8 Å². The van der Waals surface area contributed by atoms with E-state index in [1.807, 2.05) is 61.5 Å². The molecule has 11 nitrogen and oxygen atoms in total. The molecule has 0 bridgehead atoms. The second kappa shape index (κ2) is 19.7. The number of alkyl halides is 3. The maximum atomic E-state index is 13.2. The zero-order valence-corrected chi connectivity index (χ0v) is 28.5. The normalized spacial score (nSPS) is 11.9. The largest absolute Gasteiger partial charge is 0.542 e. The van der Waals surface area contributed by atoms with Crippen molar-refractivity contribution < 1.29 is 52.1 Å². The summed E-state index contributed by atoms with van der Waals surface area (Å²) in [5.41, 5.74) is 4.04. The standard InChI is InChI=1S/C33H37N3O6S.C2HF3O2/c1-5-26-13-11-24(18-34-26)23-12-14-29(42-4)25(15-23)16-30(38)36-32(21(2)3)33(41)35-27(17-31(39)40)28(37)20-43-19-22-9-7-6-8-10-22;3-2(4,5)1(6)7/h6-15,17-18,21,32H,5,16,19-20H2,1-4H3,(H,35,41)(H,36,38)(H,39,40);(H,6,7)/p-1/b27-17+;. The van der Waals surface area contributed by atoms with Crippen LogP contribution < -0.4 is 20.5 Å². The topological polar surface area (TPSA) is 175 Å². The number of aliphatic carboxylic acids is 2. The molecule has 0 spiro atoms. The number of allylic oxidation sites excluding steroid dienone is 1. The van der Waals surface area contributed by atoms with Crippen LogP contribution in [0.2, 0.25) is 0 Å². The third-order valence-corrected chi connectivity index (χ3v) is 7.82. The van der Waals surface area contributed by atoms with E-state index in [1.54, 1.807) is 26.1 Å². The number of carbonyl (C=O) groups is 5. The predicted octanol–water partition coefficient (Wildman–Crippen LogP) is 3.89. The summed E-state index contributed by atoms with van der Waals surface area (Å²) in [6.07, 6.45) is -1.97. The van der Waals surface area contributed by atoms with Gasteiger partial charge in [0, 0.05) is 28.8 Å². The molecule has 1 heterocycles. The molecule has 0 radical (unpaired) electrons. The van der Waals surface area contributed by atoms with Gasteiger partial charge in [-0.3, -0.25) is 19.4 Å². The molecule has 50 heavy (non-hydrogen) atoms. The Hall–Kier alpha value is -5.18. The van der Waals surface area contributed by atoms with Crippen molar-refractivity contribution in [3.63, 3.8) is 0 Å². The van der Waals surface area contributed by atoms with Crippen molar-refractivity contribution in [3.8, 4) is 16.9 Å². The number of ketones is 1. The van der Waals surface area contributed by atoms with Gasteiger partial charge in [-0.05, 0) is 41.7 Å². The van der Waals surface area contributed by atoms with E-state index >= 15 is 0 Å². The first-order valence-electron chi connectivity index (χ1n) is 15.2. The maximum absolute atomic E-state index is 13.2. The van der Waals surface area contributed by atoms with Gasteiger partial charge in [-0.15, -0.1) is 11.8 Å². The van der Waals surface area contributed by atoms with Crippen LogP contribution in [0.3, 0.4) is 0 Å². The number of halogens is 3. The van der Waals surface area contributed by atoms with E-state index in [-0.39, 0.29) is 23.8 Å². The minimum absolute atomic E-state index is 0.0280. The lowest BCUT2D eigenvalue weighted by atomic mass is 10.00. The van der Waals surface area contributed by atoms with Crippen molar-refractivity contribution >= 4 is 41.3 Å². The second-order valence-corrected chi connectivity index (χ2v) is 11.9. The smallest absolute Gasteiger partial charge is 0.430 e. The van der Waals surface area contributed by atoms with E-state index in [1.165, 1.54) is 18.9 Å². The average molecular weight is 717 g/mol. The molecule has 0 aliphatic heterocycles. The Morgan fingerprint density at radius 2 is 1.66 bits per heavy atom. The molecule has 2 amide bonds. The van der Waals surface area contributed by atoms with Gasteiger partial charge < -0.3 is 30.4 Å². The van der Waals surface area contributed by atoms with Crippen LogP contribution in [0.1, 0.15) is 37.6 Å². The summed E-state index contributed by atoms with van der Waals surface area (Å²) in [7, 11) is 1.52. The second-order valence-electron chi connectivity index (χ2n) is 11.0. The number of pyridine rings is 1. The highest BCUT2D eigenvalue weighted by Gasteiger charge is 2.29. The van der Waals surface area contributed by atoms with E-state index in [9.17, 15) is 37.5 Å². The van der Waals surface area contributed by atoms with Crippen LogP contribution in [0.15, 0.2) is 78.6 Å². The minimum Gasteiger partial charge on any atom is -0.542 e. The van der Waals surface area contributed by atoms with Crippen molar-refractivity contribution in [3.05, 3.63) is 95.5 Å². The van der Waals surface area contributed by atoms with E-state index in [0.29, 0.717) is 23.1 Å². The first-order chi connectivity index (χ1) is 23.5. The molecule has 1 aromatic heterocycles.